The van der Waals surface area contributed by atoms with Crippen molar-refractivity contribution < 1.29 is 17.7 Å². The quantitative estimate of drug-likeness (QED) is 0.846. The van der Waals surface area contributed by atoms with Crippen LogP contribution in [-0.2, 0) is 10.1 Å². The number of hydrogen-bond acceptors (Lipinski definition) is 3. The van der Waals surface area contributed by atoms with E-state index >= 15 is 0 Å². The zero-order chi connectivity index (χ0) is 9.90. The number of benzene rings is 1. The molecule has 0 aliphatic heterocycles. The first kappa shape index (κ1) is 10.5. The fraction of sp³-hybridized carbons (Fsp3) is 0.143. The van der Waals surface area contributed by atoms with Gasteiger partial charge in [0.05, 0.1) is 0 Å². The SMILES string of the molecule is O=S(=O)(O)COc1cccc(Br)c1. The summed E-state index contributed by atoms with van der Waals surface area (Å²) in [5.74, 6) is -0.351. The van der Waals surface area contributed by atoms with Gasteiger partial charge in [0.2, 0.25) is 5.94 Å². The topological polar surface area (TPSA) is 63.6 Å². The first-order valence-electron chi connectivity index (χ1n) is 3.31. The van der Waals surface area contributed by atoms with E-state index in [0.717, 1.165) is 4.47 Å². The number of hydrogen-bond donors (Lipinski definition) is 1. The molecular weight excluding hydrogens is 260 g/mol. The largest absolute Gasteiger partial charge is 0.475 e. The highest BCUT2D eigenvalue weighted by Crippen LogP contribution is 2.17. The van der Waals surface area contributed by atoms with Crippen LogP contribution in [0, 0.1) is 0 Å². The highest BCUT2D eigenvalue weighted by atomic mass is 79.9. The van der Waals surface area contributed by atoms with E-state index in [-0.39, 0.29) is 0 Å². The van der Waals surface area contributed by atoms with E-state index in [1.807, 2.05) is 0 Å². The molecule has 1 rings (SSSR count). The van der Waals surface area contributed by atoms with Gasteiger partial charge in [0.15, 0.2) is 0 Å². The van der Waals surface area contributed by atoms with Gasteiger partial charge in [0.1, 0.15) is 5.75 Å². The third-order valence-electron chi connectivity index (χ3n) is 1.17. The Balaban J connectivity index is 2.65. The molecule has 1 N–H and O–H groups in total. The molecule has 6 heteroatoms. The van der Waals surface area contributed by atoms with Crippen molar-refractivity contribution in [2.75, 3.05) is 5.94 Å². The van der Waals surface area contributed by atoms with Crippen LogP contribution in [0.5, 0.6) is 5.75 Å². The average molecular weight is 267 g/mol. The highest BCUT2D eigenvalue weighted by molar-refractivity contribution is 9.10. The Hall–Kier alpha value is -0.590. The van der Waals surface area contributed by atoms with Gasteiger partial charge >= 0.3 is 10.1 Å². The molecule has 13 heavy (non-hydrogen) atoms. The van der Waals surface area contributed by atoms with Crippen LogP contribution < -0.4 is 4.74 Å². The Morgan fingerprint density at radius 3 is 2.69 bits per heavy atom. The molecule has 0 aliphatic carbocycles. The molecule has 0 bridgehead atoms. The zero-order valence-corrected chi connectivity index (χ0v) is 8.88. The van der Waals surface area contributed by atoms with Gasteiger partial charge in [-0.2, -0.15) is 8.42 Å². The Kier molecular flexibility index (Phi) is 3.29. The average Bonchev–Trinajstić information content (AvgIpc) is 2.00. The minimum atomic E-state index is -4.07. The summed E-state index contributed by atoms with van der Waals surface area (Å²) in [5, 5.41) is 0. The van der Waals surface area contributed by atoms with Gasteiger partial charge in [0, 0.05) is 4.47 Å². The van der Waals surface area contributed by atoms with Crippen LogP contribution in [0.3, 0.4) is 0 Å². The summed E-state index contributed by atoms with van der Waals surface area (Å²) in [4.78, 5) is 0. The second kappa shape index (κ2) is 4.08. The fourth-order valence-corrected chi connectivity index (χ4v) is 1.36. The van der Waals surface area contributed by atoms with E-state index in [4.69, 9.17) is 9.29 Å². The second-order valence-electron chi connectivity index (χ2n) is 2.30. The van der Waals surface area contributed by atoms with Crippen molar-refractivity contribution in [3.63, 3.8) is 0 Å². The number of ether oxygens (including phenoxy) is 1. The summed E-state index contributed by atoms with van der Waals surface area (Å²) in [6.45, 7) is 0. The van der Waals surface area contributed by atoms with Crippen molar-refractivity contribution in [2.45, 2.75) is 0 Å². The van der Waals surface area contributed by atoms with Crippen LogP contribution in [0.25, 0.3) is 0 Å². The Morgan fingerprint density at radius 2 is 2.15 bits per heavy atom. The fourth-order valence-electron chi connectivity index (χ4n) is 0.699. The van der Waals surface area contributed by atoms with Crippen LogP contribution in [0.4, 0.5) is 0 Å². The monoisotopic (exact) mass is 266 g/mol. The van der Waals surface area contributed by atoms with Crippen molar-refractivity contribution in [2.24, 2.45) is 0 Å². The maximum atomic E-state index is 10.3. The van der Waals surface area contributed by atoms with Gasteiger partial charge in [0.25, 0.3) is 0 Å². The summed E-state index contributed by atoms with van der Waals surface area (Å²) in [6.07, 6.45) is 0. The molecule has 0 fully saturated rings. The van der Waals surface area contributed by atoms with Crippen LogP contribution in [0.1, 0.15) is 0 Å². The van der Waals surface area contributed by atoms with Crippen molar-refractivity contribution in [1.29, 1.82) is 0 Å². The lowest BCUT2D eigenvalue weighted by Gasteiger charge is -2.03. The first-order valence-corrected chi connectivity index (χ1v) is 5.71. The molecule has 0 aromatic heterocycles. The first-order chi connectivity index (χ1) is 5.97. The van der Waals surface area contributed by atoms with E-state index in [9.17, 15) is 8.42 Å². The van der Waals surface area contributed by atoms with Crippen LogP contribution in [0.15, 0.2) is 28.7 Å². The third kappa shape index (κ3) is 4.25. The van der Waals surface area contributed by atoms with Crippen LogP contribution in [-0.4, -0.2) is 18.9 Å². The molecule has 4 nitrogen and oxygen atoms in total. The Morgan fingerprint density at radius 1 is 1.46 bits per heavy atom. The Bertz CT molecular complexity index is 387. The molecule has 0 saturated carbocycles. The number of rotatable bonds is 3. The van der Waals surface area contributed by atoms with Gasteiger partial charge in [-0.15, -0.1) is 0 Å². The molecular formula is C7H7BrO4S. The zero-order valence-electron chi connectivity index (χ0n) is 6.47. The van der Waals surface area contributed by atoms with Gasteiger partial charge in [-0.1, -0.05) is 22.0 Å². The molecule has 72 valence electrons. The third-order valence-corrected chi connectivity index (χ3v) is 2.08. The van der Waals surface area contributed by atoms with Crippen LogP contribution in [0.2, 0.25) is 0 Å². The van der Waals surface area contributed by atoms with Crippen molar-refractivity contribution in [3.05, 3.63) is 28.7 Å². The van der Waals surface area contributed by atoms with Gasteiger partial charge < -0.3 is 4.74 Å². The lowest BCUT2D eigenvalue weighted by atomic mass is 10.3. The van der Waals surface area contributed by atoms with E-state index < -0.39 is 16.1 Å². The summed E-state index contributed by atoms with van der Waals surface area (Å²) in [6, 6.07) is 6.67. The minimum Gasteiger partial charge on any atom is -0.475 e. The maximum absolute atomic E-state index is 10.3. The summed E-state index contributed by atoms with van der Waals surface area (Å²) in [7, 11) is -4.07. The molecule has 0 unspecified atom stereocenters. The molecule has 1 aromatic carbocycles. The Labute approximate surface area is 84.4 Å². The van der Waals surface area contributed by atoms with Gasteiger partial charge in [-0.05, 0) is 18.2 Å². The van der Waals surface area contributed by atoms with Gasteiger partial charge in [-0.3, -0.25) is 4.55 Å². The lowest BCUT2D eigenvalue weighted by molar-refractivity contribution is 0.352. The molecule has 0 radical (unpaired) electrons. The second-order valence-corrected chi connectivity index (χ2v) is 4.62. The van der Waals surface area contributed by atoms with E-state index in [1.165, 1.54) is 0 Å². The van der Waals surface area contributed by atoms with Gasteiger partial charge in [-0.25, -0.2) is 0 Å². The molecule has 0 heterocycles. The molecule has 0 aliphatic rings. The van der Waals surface area contributed by atoms with E-state index in [2.05, 4.69) is 15.9 Å². The predicted octanol–water partition coefficient (Wildman–Crippen LogP) is 1.67. The van der Waals surface area contributed by atoms with Crippen molar-refractivity contribution in [3.8, 4) is 5.75 Å². The normalized spacial score (nSPS) is 11.2. The van der Waals surface area contributed by atoms with Crippen molar-refractivity contribution >= 4 is 26.0 Å². The molecule has 1 aromatic rings. The van der Waals surface area contributed by atoms with Crippen LogP contribution >= 0.6 is 15.9 Å². The van der Waals surface area contributed by atoms with E-state index in [1.54, 1.807) is 24.3 Å². The minimum absolute atomic E-state index is 0.381. The number of halogens is 1. The smallest absolute Gasteiger partial charge is 0.300 e. The van der Waals surface area contributed by atoms with E-state index in [0.29, 0.717) is 5.75 Å². The standard InChI is InChI=1S/C7H7BrO4S/c8-6-2-1-3-7(4-6)12-5-13(9,10)11/h1-4H,5H2,(H,9,10,11). The molecule has 0 atom stereocenters. The molecule has 0 saturated heterocycles. The summed E-state index contributed by atoms with van der Waals surface area (Å²) >= 11 is 3.19. The highest BCUT2D eigenvalue weighted by Gasteiger charge is 2.04. The molecule has 0 amide bonds. The van der Waals surface area contributed by atoms with Crippen molar-refractivity contribution in [1.82, 2.24) is 0 Å². The lowest BCUT2D eigenvalue weighted by Crippen LogP contribution is -2.10. The summed E-state index contributed by atoms with van der Waals surface area (Å²) < 4.78 is 34.6. The maximum Gasteiger partial charge on any atom is 0.300 e. The molecule has 0 spiro atoms. The summed E-state index contributed by atoms with van der Waals surface area (Å²) in [5.41, 5.74) is 0. The predicted molar refractivity (Wildman–Crippen MR) is 51.2 cm³/mol.